The van der Waals surface area contributed by atoms with Gasteiger partial charge in [-0.3, -0.25) is 13.7 Å². The molecule has 0 aliphatic rings. The van der Waals surface area contributed by atoms with E-state index < -0.39 is 23.1 Å². The molecule has 0 spiro atoms. The SMILES string of the molecule is COc1ccc2cc([C@H](C)C(=O)NS(=O)[O-])ccc2c1. The molecule has 2 aromatic carbocycles. The van der Waals surface area contributed by atoms with Crippen molar-refractivity contribution in [2.24, 2.45) is 0 Å². The Morgan fingerprint density at radius 3 is 2.55 bits per heavy atom. The molecule has 0 heterocycles. The molecule has 0 aliphatic heterocycles. The van der Waals surface area contributed by atoms with Crippen molar-refractivity contribution in [2.45, 2.75) is 12.8 Å². The third kappa shape index (κ3) is 3.15. The molecule has 0 bridgehead atoms. The number of methoxy groups -OCH3 is 1. The lowest BCUT2D eigenvalue weighted by molar-refractivity contribution is -0.120. The minimum absolute atomic E-state index is 0.542. The molecular weight excluding hydrogens is 278 g/mol. The van der Waals surface area contributed by atoms with Gasteiger partial charge in [0, 0.05) is 11.3 Å². The zero-order valence-corrected chi connectivity index (χ0v) is 11.9. The first-order chi connectivity index (χ1) is 9.51. The normalized spacial score (nSPS) is 13.8. The Hall–Kier alpha value is -1.92. The fraction of sp³-hybridized carbons (Fsp3) is 0.214. The predicted octanol–water partition coefficient (Wildman–Crippen LogP) is 1.86. The summed E-state index contributed by atoms with van der Waals surface area (Å²) in [5.41, 5.74) is 0.755. The smallest absolute Gasteiger partial charge is 0.238 e. The number of ether oxygens (including phenoxy) is 1. The van der Waals surface area contributed by atoms with Crippen molar-refractivity contribution in [1.29, 1.82) is 0 Å². The van der Waals surface area contributed by atoms with E-state index in [0.717, 1.165) is 22.1 Å². The van der Waals surface area contributed by atoms with Crippen LogP contribution in [0.3, 0.4) is 0 Å². The Bertz CT molecular complexity index is 671. The van der Waals surface area contributed by atoms with Crippen molar-refractivity contribution >= 4 is 27.9 Å². The molecule has 0 saturated carbocycles. The summed E-state index contributed by atoms with van der Waals surface area (Å²) >= 11 is -2.59. The van der Waals surface area contributed by atoms with E-state index in [1.54, 1.807) is 20.1 Å². The van der Waals surface area contributed by atoms with Gasteiger partial charge in [0.2, 0.25) is 5.91 Å². The van der Waals surface area contributed by atoms with E-state index in [4.69, 9.17) is 4.74 Å². The summed E-state index contributed by atoms with van der Waals surface area (Å²) in [6.07, 6.45) is 0. The number of carbonyl (C=O) groups excluding carboxylic acids is 1. The molecule has 2 aromatic rings. The second kappa shape index (κ2) is 6.02. The lowest BCUT2D eigenvalue weighted by Gasteiger charge is -2.14. The molecule has 0 aromatic heterocycles. The van der Waals surface area contributed by atoms with Crippen molar-refractivity contribution in [3.05, 3.63) is 42.0 Å². The van der Waals surface area contributed by atoms with Gasteiger partial charge < -0.3 is 9.29 Å². The van der Waals surface area contributed by atoms with Crippen LogP contribution in [0.2, 0.25) is 0 Å². The number of rotatable bonds is 4. The molecule has 0 fully saturated rings. The van der Waals surface area contributed by atoms with Gasteiger partial charge in [-0.05, 0) is 35.4 Å². The number of fused-ring (bicyclic) bond motifs is 1. The Morgan fingerprint density at radius 1 is 1.25 bits per heavy atom. The number of hydrogen-bond acceptors (Lipinski definition) is 4. The van der Waals surface area contributed by atoms with Crippen LogP contribution < -0.4 is 9.46 Å². The fourth-order valence-corrected chi connectivity index (χ4v) is 2.30. The van der Waals surface area contributed by atoms with E-state index in [1.165, 1.54) is 0 Å². The van der Waals surface area contributed by atoms with Crippen LogP contribution in [0.1, 0.15) is 18.4 Å². The minimum atomic E-state index is -2.59. The van der Waals surface area contributed by atoms with Gasteiger partial charge in [-0.25, -0.2) is 0 Å². The first-order valence-corrected chi connectivity index (χ1v) is 7.06. The zero-order chi connectivity index (χ0) is 14.7. The summed E-state index contributed by atoms with van der Waals surface area (Å²) in [7, 11) is 1.60. The van der Waals surface area contributed by atoms with Crippen LogP contribution in [0.4, 0.5) is 0 Å². The van der Waals surface area contributed by atoms with E-state index in [-0.39, 0.29) is 0 Å². The Morgan fingerprint density at radius 2 is 1.90 bits per heavy atom. The van der Waals surface area contributed by atoms with Crippen LogP contribution >= 0.6 is 0 Å². The molecule has 5 nitrogen and oxygen atoms in total. The van der Waals surface area contributed by atoms with E-state index in [2.05, 4.69) is 0 Å². The van der Waals surface area contributed by atoms with Crippen molar-refractivity contribution in [3.63, 3.8) is 0 Å². The van der Waals surface area contributed by atoms with Crippen LogP contribution in [-0.2, 0) is 16.1 Å². The highest BCUT2D eigenvalue weighted by molar-refractivity contribution is 7.77. The van der Waals surface area contributed by atoms with Gasteiger partial charge in [0.1, 0.15) is 5.75 Å². The van der Waals surface area contributed by atoms with E-state index in [9.17, 15) is 13.6 Å². The van der Waals surface area contributed by atoms with Crippen LogP contribution in [0.15, 0.2) is 36.4 Å². The number of benzene rings is 2. The van der Waals surface area contributed by atoms with Crippen molar-refractivity contribution < 1.29 is 18.3 Å². The summed E-state index contributed by atoms with van der Waals surface area (Å²) in [5, 5.41) is 1.96. The van der Waals surface area contributed by atoms with E-state index >= 15 is 0 Å². The Kier molecular flexibility index (Phi) is 4.36. The van der Waals surface area contributed by atoms with Crippen molar-refractivity contribution in [3.8, 4) is 5.75 Å². The quantitative estimate of drug-likeness (QED) is 0.872. The molecule has 20 heavy (non-hydrogen) atoms. The molecule has 0 radical (unpaired) electrons. The van der Waals surface area contributed by atoms with Crippen molar-refractivity contribution in [2.75, 3.05) is 7.11 Å². The molecule has 0 aliphatic carbocycles. The molecule has 106 valence electrons. The topological polar surface area (TPSA) is 78.5 Å². The molecule has 1 N–H and O–H groups in total. The third-order valence-electron chi connectivity index (χ3n) is 3.15. The molecular formula is C14H14NO4S-. The average Bonchev–Trinajstić information content (AvgIpc) is 2.44. The van der Waals surface area contributed by atoms with Crippen LogP contribution in [0.25, 0.3) is 10.8 Å². The van der Waals surface area contributed by atoms with Crippen LogP contribution in [-0.4, -0.2) is 21.8 Å². The minimum Gasteiger partial charge on any atom is -0.755 e. The summed E-state index contributed by atoms with van der Waals surface area (Å²) in [6.45, 7) is 1.66. The summed E-state index contributed by atoms with van der Waals surface area (Å²) in [4.78, 5) is 11.7. The lowest BCUT2D eigenvalue weighted by Crippen LogP contribution is -2.29. The maximum Gasteiger partial charge on any atom is 0.238 e. The first-order valence-electron chi connectivity index (χ1n) is 5.98. The largest absolute Gasteiger partial charge is 0.755 e. The molecule has 0 saturated heterocycles. The molecule has 6 heteroatoms. The number of amides is 1. The molecule has 2 atom stereocenters. The van der Waals surface area contributed by atoms with Crippen molar-refractivity contribution in [1.82, 2.24) is 4.72 Å². The van der Waals surface area contributed by atoms with Crippen LogP contribution in [0, 0.1) is 0 Å². The third-order valence-corrected chi connectivity index (χ3v) is 3.52. The highest BCUT2D eigenvalue weighted by atomic mass is 32.2. The second-order valence-electron chi connectivity index (χ2n) is 4.40. The van der Waals surface area contributed by atoms with E-state index in [0.29, 0.717) is 0 Å². The molecule has 1 amide bonds. The van der Waals surface area contributed by atoms with E-state index in [1.807, 2.05) is 35.1 Å². The highest BCUT2D eigenvalue weighted by Crippen LogP contribution is 2.25. The predicted molar refractivity (Wildman–Crippen MR) is 76.0 cm³/mol. The van der Waals surface area contributed by atoms with Gasteiger partial charge in [-0.15, -0.1) is 0 Å². The highest BCUT2D eigenvalue weighted by Gasteiger charge is 2.15. The lowest BCUT2D eigenvalue weighted by atomic mass is 9.97. The molecule has 1 unspecified atom stereocenters. The average molecular weight is 292 g/mol. The molecule has 2 rings (SSSR count). The summed E-state index contributed by atoms with van der Waals surface area (Å²) in [6, 6.07) is 11.2. The van der Waals surface area contributed by atoms with Gasteiger partial charge in [-0.2, -0.15) is 0 Å². The van der Waals surface area contributed by atoms with Gasteiger partial charge in [0.05, 0.1) is 13.0 Å². The monoisotopic (exact) mass is 292 g/mol. The Balaban J connectivity index is 2.31. The first kappa shape index (κ1) is 14.5. The number of nitrogens with one attached hydrogen (secondary N) is 1. The summed E-state index contributed by atoms with van der Waals surface area (Å²) in [5.74, 6) is -0.330. The summed E-state index contributed by atoms with van der Waals surface area (Å²) < 4.78 is 28.0. The maximum atomic E-state index is 11.7. The Labute approximate surface area is 119 Å². The van der Waals surface area contributed by atoms with Gasteiger partial charge >= 0.3 is 0 Å². The number of carbonyl (C=O) groups is 1. The van der Waals surface area contributed by atoms with Crippen LogP contribution in [0.5, 0.6) is 5.75 Å². The standard InChI is InChI=1S/C14H15NO4S/c1-9(14(16)15-20(17)18)10-3-4-12-8-13(19-2)6-5-11(12)7-10/h3-9H,1-2H3,(H,15,16)(H,17,18)/p-1/t9-/m0/s1. The fourth-order valence-electron chi connectivity index (χ4n) is 1.96. The van der Waals surface area contributed by atoms with Gasteiger partial charge in [0.25, 0.3) is 0 Å². The zero-order valence-electron chi connectivity index (χ0n) is 11.1. The van der Waals surface area contributed by atoms with Gasteiger partial charge in [0.15, 0.2) is 0 Å². The second-order valence-corrected chi connectivity index (χ2v) is 5.07. The van der Waals surface area contributed by atoms with Gasteiger partial charge in [-0.1, -0.05) is 24.3 Å². The number of hydrogen-bond donors (Lipinski definition) is 1. The maximum absolute atomic E-state index is 11.7.